The highest BCUT2D eigenvalue weighted by atomic mass is 32.2. The lowest BCUT2D eigenvalue weighted by Gasteiger charge is -2.26. The minimum atomic E-state index is -0.417. The van der Waals surface area contributed by atoms with Gasteiger partial charge in [0.15, 0.2) is 10.9 Å². The molecule has 3 aromatic rings. The normalized spacial score (nSPS) is 16.8. The van der Waals surface area contributed by atoms with Gasteiger partial charge in [-0.05, 0) is 84.5 Å². The van der Waals surface area contributed by atoms with Crippen LogP contribution in [-0.2, 0) is 22.4 Å². The highest BCUT2D eigenvalue weighted by molar-refractivity contribution is 8.14. The van der Waals surface area contributed by atoms with Crippen molar-refractivity contribution < 1.29 is 28.5 Å². The topological polar surface area (TPSA) is 71.1 Å². The Bertz CT molecular complexity index is 1340. The summed E-state index contributed by atoms with van der Waals surface area (Å²) in [6.45, 7) is 7.30. The van der Waals surface area contributed by atoms with E-state index in [0.29, 0.717) is 26.1 Å². The Morgan fingerprint density at radius 2 is 1.36 bits per heavy atom. The van der Waals surface area contributed by atoms with Gasteiger partial charge < -0.3 is 18.9 Å². The number of Topliss-reactive ketones (excluding diaryl/α,β-unsaturated/α-hetero) is 1. The molecular weight excluding hydrogens is 548 g/mol. The van der Waals surface area contributed by atoms with Gasteiger partial charge >= 0.3 is 0 Å². The molecule has 0 saturated carbocycles. The molecule has 0 radical (unpaired) electrons. The Hall–Kier alpha value is -3.45. The summed E-state index contributed by atoms with van der Waals surface area (Å²) in [4.78, 5) is 25.3. The lowest BCUT2D eigenvalue weighted by atomic mass is 9.91. The molecule has 7 heteroatoms. The van der Waals surface area contributed by atoms with Crippen LogP contribution in [0, 0.1) is 5.92 Å². The van der Waals surface area contributed by atoms with Gasteiger partial charge in [0.1, 0.15) is 28.7 Å². The minimum Gasteiger partial charge on any atom is -0.497 e. The molecule has 1 aliphatic heterocycles. The number of rotatable bonds is 15. The predicted octanol–water partition coefficient (Wildman–Crippen LogP) is 8.54. The van der Waals surface area contributed by atoms with Crippen molar-refractivity contribution in [3.05, 3.63) is 77.4 Å². The van der Waals surface area contributed by atoms with Gasteiger partial charge in [-0.15, -0.1) is 0 Å². The van der Waals surface area contributed by atoms with Crippen molar-refractivity contribution in [1.29, 1.82) is 0 Å². The number of thioether (sulfide) groups is 1. The standard InChI is InChI=1S/C35H42O6S/c1-5-9-25-21-27(35-34(37)24(7-3)23-33(36)42-35)11-17-31(25)39-19-8-20-40-32-18-16-30(22-26(32)10-6-2)41-29-14-12-28(38-4)13-15-29/h11-18,21-22,24,35H,5-10,19-20,23H2,1-4H3. The Morgan fingerprint density at radius 3 is 1.98 bits per heavy atom. The van der Waals surface area contributed by atoms with Gasteiger partial charge in [-0.25, -0.2) is 0 Å². The highest BCUT2D eigenvalue weighted by Gasteiger charge is 2.36. The lowest BCUT2D eigenvalue weighted by Crippen LogP contribution is -2.28. The van der Waals surface area contributed by atoms with E-state index in [9.17, 15) is 9.59 Å². The summed E-state index contributed by atoms with van der Waals surface area (Å²) >= 11 is 1.17. The largest absolute Gasteiger partial charge is 0.497 e. The molecule has 3 aromatic carbocycles. The van der Waals surface area contributed by atoms with E-state index in [1.165, 1.54) is 11.8 Å². The summed E-state index contributed by atoms with van der Waals surface area (Å²) in [6, 6.07) is 19.4. The number of ether oxygens (including phenoxy) is 4. The van der Waals surface area contributed by atoms with Gasteiger partial charge in [-0.2, -0.15) is 0 Å². The van der Waals surface area contributed by atoms with Crippen LogP contribution in [0.2, 0.25) is 0 Å². The van der Waals surface area contributed by atoms with Crippen molar-refractivity contribution in [2.75, 3.05) is 20.3 Å². The second kappa shape index (κ2) is 15.7. The van der Waals surface area contributed by atoms with Crippen molar-refractivity contribution in [2.24, 2.45) is 5.92 Å². The summed E-state index contributed by atoms with van der Waals surface area (Å²) < 4.78 is 23.6. The molecule has 0 aliphatic carbocycles. The Labute approximate surface area is 254 Å². The number of hydrogen-bond donors (Lipinski definition) is 0. The summed E-state index contributed by atoms with van der Waals surface area (Å²) in [5, 5.41) is -0.315. The van der Waals surface area contributed by atoms with E-state index in [0.717, 1.165) is 77.5 Å². The highest BCUT2D eigenvalue weighted by Crippen LogP contribution is 2.41. The quantitative estimate of drug-likeness (QED) is 0.164. The Balaban J connectivity index is 1.33. The van der Waals surface area contributed by atoms with Gasteiger partial charge in [0, 0.05) is 18.8 Å². The first-order valence-electron chi connectivity index (χ1n) is 15.0. The van der Waals surface area contributed by atoms with Gasteiger partial charge in [0.05, 0.1) is 25.6 Å². The molecule has 2 atom stereocenters. The molecule has 0 aromatic heterocycles. The second-order valence-electron chi connectivity index (χ2n) is 10.5. The zero-order valence-electron chi connectivity index (χ0n) is 25.1. The van der Waals surface area contributed by atoms with Crippen LogP contribution in [0.4, 0.5) is 0 Å². The van der Waals surface area contributed by atoms with Gasteiger partial charge in [-0.3, -0.25) is 9.59 Å². The molecule has 42 heavy (non-hydrogen) atoms. The Kier molecular flexibility index (Phi) is 11.8. The fraction of sp³-hybridized carbons (Fsp3) is 0.429. The van der Waals surface area contributed by atoms with Gasteiger partial charge in [-0.1, -0.05) is 57.5 Å². The van der Waals surface area contributed by atoms with Crippen LogP contribution < -0.4 is 18.9 Å². The van der Waals surface area contributed by atoms with E-state index >= 15 is 0 Å². The number of hydrogen-bond acceptors (Lipinski definition) is 7. The van der Waals surface area contributed by atoms with Crippen molar-refractivity contribution in [1.82, 2.24) is 0 Å². The molecule has 1 heterocycles. The Morgan fingerprint density at radius 1 is 0.762 bits per heavy atom. The minimum absolute atomic E-state index is 0.102. The maximum atomic E-state index is 13.0. The van der Waals surface area contributed by atoms with Gasteiger partial charge in [0.2, 0.25) is 0 Å². The molecule has 0 amide bonds. The van der Waals surface area contributed by atoms with E-state index < -0.39 is 5.25 Å². The lowest BCUT2D eigenvalue weighted by molar-refractivity contribution is -0.126. The summed E-state index contributed by atoms with van der Waals surface area (Å²) in [6.07, 6.45) is 5.49. The maximum absolute atomic E-state index is 13.0. The second-order valence-corrected chi connectivity index (χ2v) is 11.7. The zero-order valence-corrected chi connectivity index (χ0v) is 26.0. The summed E-state index contributed by atoms with van der Waals surface area (Å²) in [5.41, 5.74) is 3.09. The van der Waals surface area contributed by atoms with Gasteiger partial charge in [0.25, 0.3) is 0 Å². The molecule has 4 rings (SSSR count). The SMILES string of the molecule is CCCc1cc(Oc2ccc(OC)cc2)ccc1OCCCOc1ccc(C2SC(=O)CC(CC)C2=O)cc1CCC. The number of ketones is 1. The van der Waals surface area contributed by atoms with Crippen LogP contribution in [0.3, 0.4) is 0 Å². The molecule has 6 nitrogen and oxygen atoms in total. The predicted molar refractivity (Wildman–Crippen MR) is 168 cm³/mol. The number of carbonyl (C=O) groups is 2. The van der Waals surface area contributed by atoms with Crippen LogP contribution in [0.1, 0.15) is 74.8 Å². The van der Waals surface area contributed by atoms with Crippen molar-refractivity contribution in [3.8, 4) is 28.7 Å². The van der Waals surface area contributed by atoms with E-state index in [2.05, 4.69) is 19.9 Å². The fourth-order valence-electron chi connectivity index (χ4n) is 5.13. The molecular formula is C35H42O6S. The molecule has 0 bridgehead atoms. The number of benzene rings is 3. The van der Waals surface area contributed by atoms with Crippen LogP contribution in [-0.4, -0.2) is 31.2 Å². The third kappa shape index (κ3) is 8.31. The summed E-state index contributed by atoms with van der Waals surface area (Å²) in [5.74, 6) is 4.00. The molecule has 1 fully saturated rings. The van der Waals surface area contributed by atoms with Crippen LogP contribution in [0.5, 0.6) is 28.7 Å². The average Bonchev–Trinajstić information content (AvgIpc) is 3.00. The van der Waals surface area contributed by atoms with Crippen molar-refractivity contribution in [3.63, 3.8) is 0 Å². The van der Waals surface area contributed by atoms with Crippen LogP contribution in [0.25, 0.3) is 0 Å². The number of aryl methyl sites for hydroxylation is 2. The van der Waals surface area contributed by atoms with E-state index in [4.69, 9.17) is 18.9 Å². The third-order valence-electron chi connectivity index (χ3n) is 7.37. The molecule has 2 unspecified atom stereocenters. The summed E-state index contributed by atoms with van der Waals surface area (Å²) in [7, 11) is 1.64. The molecule has 1 aliphatic rings. The molecule has 0 N–H and O–H groups in total. The fourth-order valence-corrected chi connectivity index (χ4v) is 6.28. The van der Waals surface area contributed by atoms with Crippen LogP contribution >= 0.6 is 11.8 Å². The average molecular weight is 591 g/mol. The van der Waals surface area contributed by atoms with Crippen LogP contribution in [0.15, 0.2) is 60.7 Å². The third-order valence-corrected chi connectivity index (χ3v) is 8.54. The first-order chi connectivity index (χ1) is 20.4. The molecule has 1 saturated heterocycles. The first-order valence-corrected chi connectivity index (χ1v) is 15.9. The first kappa shape index (κ1) is 31.5. The van der Waals surface area contributed by atoms with E-state index in [1.54, 1.807) is 7.11 Å². The number of methoxy groups -OCH3 is 1. The van der Waals surface area contributed by atoms with E-state index in [1.807, 2.05) is 61.5 Å². The molecule has 224 valence electrons. The number of carbonyl (C=O) groups excluding carboxylic acids is 2. The smallest absolute Gasteiger partial charge is 0.190 e. The zero-order chi connectivity index (χ0) is 29.9. The molecule has 0 spiro atoms. The van der Waals surface area contributed by atoms with E-state index in [-0.39, 0.29) is 16.8 Å². The van der Waals surface area contributed by atoms with Crippen molar-refractivity contribution >= 4 is 22.7 Å². The monoisotopic (exact) mass is 590 g/mol. The maximum Gasteiger partial charge on any atom is 0.190 e. The van der Waals surface area contributed by atoms with Crippen molar-refractivity contribution in [2.45, 2.75) is 71.0 Å².